The van der Waals surface area contributed by atoms with E-state index in [1.165, 1.54) is 8.61 Å². The first-order valence-corrected chi connectivity index (χ1v) is 47.1. The van der Waals surface area contributed by atoms with Crippen LogP contribution >= 0.6 is 0 Å². The topological polar surface area (TPSA) is 893 Å². The fraction of sp³-hybridized carbons (Fsp3) is 0.918. The molecule has 10 saturated heterocycles. The number of nitrogens with zero attached hydrogens (tertiary/aromatic N) is 6. The van der Waals surface area contributed by atoms with Gasteiger partial charge in [-0.05, 0) is 76.5 Å². The molecule has 0 aliphatic carbocycles. The molecule has 0 bridgehead atoms. The zero-order valence-electron chi connectivity index (χ0n) is 68.7. The molecule has 10 rings (SSSR count). The van der Waals surface area contributed by atoms with Gasteiger partial charge >= 0.3 is 86.0 Å². The number of carboxylic acids is 5. The second kappa shape index (κ2) is 44.6. The molecule has 714 valence electrons. The molecular weight excluding hydrogens is 1760 g/mol. The molecule has 0 saturated carbocycles. The van der Waals surface area contributed by atoms with Gasteiger partial charge in [0.2, 0.25) is 0 Å². The van der Waals surface area contributed by atoms with Crippen LogP contribution in [-0.4, -0.2) is 417 Å². The minimum atomic E-state index is -4.24. The summed E-state index contributed by atoms with van der Waals surface area (Å²) in [5.74, 6) is -9.66. The zero-order valence-corrected chi connectivity index (χ0v) is 72.8. The van der Waals surface area contributed by atoms with Gasteiger partial charge < -0.3 is 146 Å². The SMILES string of the molecule is NC1(CNS(=O)(=O)N2C[C@H](CCCB(O)O)[C@](N)(C(=O)O)C2)COC1.NC1(COS(=O)(=O)N2C[C@H](CCCB(O)O)[C@](N)(C(=O)O)C2)COC1.NCC1(NS(=O)(=O)N2C[C@H](CCCB(O)O)[C@](N)(C(=O)O)C2)COC1.NCC1(OS(=O)(=O)N2C[C@H](CCCB(O)O)[C@](N)(C(=O)O)C2)COC1.N[C@@]1(C(=O)O)CN(S(=O)(=O)N2CCCCC2)C[C@@H]1CCCB(O)O. The van der Waals surface area contributed by atoms with Gasteiger partial charge in [-0.25, -0.2) is 8.91 Å². The van der Waals surface area contributed by atoms with Gasteiger partial charge in [-0.2, -0.15) is 72.6 Å². The Morgan fingerprint density at radius 1 is 0.379 bits per heavy atom. The molecule has 0 aromatic heterocycles. The van der Waals surface area contributed by atoms with E-state index in [-0.39, 0.29) is 189 Å². The Labute approximate surface area is 721 Å². The van der Waals surface area contributed by atoms with E-state index in [4.69, 9.17) is 129 Å². The van der Waals surface area contributed by atoms with E-state index >= 15 is 0 Å². The summed E-state index contributed by atoms with van der Waals surface area (Å²) < 4.78 is 167. The third-order valence-electron chi connectivity index (χ3n) is 23.8. The van der Waals surface area contributed by atoms with E-state index in [1.807, 2.05) is 0 Å². The van der Waals surface area contributed by atoms with Gasteiger partial charge in [0.05, 0.1) is 76.1 Å². The molecule has 10 aliphatic heterocycles. The molecule has 0 aromatic carbocycles. The number of carbonyl (C=O) groups is 5. The van der Waals surface area contributed by atoms with Gasteiger partial charge in [-0.1, -0.05) is 38.5 Å². The molecule has 124 heavy (non-hydrogen) atoms. The van der Waals surface area contributed by atoms with Crippen molar-refractivity contribution in [1.82, 2.24) is 35.3 Å². The van der Waals surface area contributed by atoms with Crippen molar-refractivity contribution in [2.75, 3.05) is 158 Å². The monoisotopic (exact) mass is 1890 g/mol. The number of ether oxygens (including phenoxy) is 4. The number of rotatable bonds is 43. The largest absolute Gasteiger partial charge is 0.480 e. The lowest BCUT2D eigenvalue weighted by Gasteiger charge is -2.41. The van der Waals surface area contributed by atoms with Gasteiger partial charge in [0.1, 0.15) is 33.3 Å². The lowest BCUT2D eigenvalue weighted by molar-refractivity contribution is -0.154. The van der Waals surface area contributed by atoms with Crippen molar-refractivity contribution in [3.8, 4) is 0 Å². The maximum atomic E-state index is 12.7. The number of aliphatic carboxylic acids is 5. The van der Waals surface area contributed by atoms with Crippen molar-refractivity contribution in [1.29, 1.82) is 0 Å². The second-order valence-electron chi connectivity index (χ2n) is 34.0. The lowest BCUT2D eigenvalue weighted by atomic mass is 9.78. The molecule has 0 aromatic rings. The summed E-state index contributed by atoms with van der Waals surface area (Å²) in [4.78, 5) is 57.9. The first-order valence-electron chi connectivity index (χ1n) is 40.1. The van der Waals surface area contributed by atoms with E-state index in [0.717, 1.165) is 36.5 Å². The second-order valence-corrected chi connectivity index (χ2v) is 42.5. The molecule has 0 unspecified atom stereocenters. The van der Waals surface area contributed by atoms with Gasteiger partial charge in [0.25, 0.3) is 30.6 Å². The van der Waals surface area contributed by atoms with Crippen molar-refractivity contribution in [2.24, 2.45) is 81.2 Å². The Morgan fingerprint density at radius 2 is 0.677 bits per heavy atom. The van der Waals surface area contributed by atoms with E-state index in [9.17, 15) is 91.6 Å². The molecule has 10 atom stereocenters. The maximum absolute atomic E-state index is 12.7. The van der Waals surface area contributed by atoms with Gasteiger partial charge in [0.15, 0.2) is 0 Å². The third kappa shape index (κ3) is 28.3. The fourth-order valence-electron chi connectivity index (χ4n) is 15.5. The van der Waals surface area contributed by atoms with Crippen molar-refractivity contribution in [2.45, 2.75) is 165 Å². The summed E-state index contributed by atoms with van der Waals surface area (Å²) in [6.45, 7) is -0.303. The van der Waals surface area contributed by atoms with Gasteiger partial charge in [-0.3, -0.25) is 28.2 Å². The highest BCUT2D eigenvalue weighted by atomic mass is 32.2. The Morgan fingerprint density at radius 3 is 0.960 bits per heavy atom. The Hall–Kier alpha value is -3.90. The number of hydrogen-bond donors (Lipinski definition) is 26. The predicted molar refractivity (Wildman–Crippen MR) is 438 cm³/mol. The number of carboxylic acid groups (broad SMARTS) is 5. The van der Waals surface area contributed by atoms with Crippen molar-refractivity contribution in [3.05, 3.63) is 0 Å². The quantitative estimate of drug-likeness (QED) is 0.0252. The summed E-state index contributed by atoms with van der Waals surface area (Å²) >= 11 is 0. The molecule has 10 fully saturated rings. The number of piperidine rings is 1. The summed E-state index contributed by atoms with van der Waals surface area (Å²) in [5.41, 5.74) is 40.5. The third-order valence-corrected chi connectivity index (χ3v) is 31.7. The average molecular weight is 1890 g/mol. The van der Waals surface area contributed by atoms with Crippen LogP contribution in [0.15, 0.2) is 0 Å². The smallest absolute Gasteiger partial charge is 0.451 e. The molecule has 10 heterocycles. The normalized spacial score (nSPS) is 29.4. The Kier molecular flexibility index (Phi) is 39.1. The van der Waals surface area contributed by atoms with E-state index in [0.29, 0.717) is 51.6 Å². The fourth-order valence-corrected chi connectivity index (χ4v) is 23.1. The van der Waals surface area contributed by atoms with Crippen LogP contribution in [0.3, 0.4) is 0 Å². The minimum Gasteiger partial charge on any atom is -0.480 e. The van der Waals surface area contributed by atoms with E-state index in [2.05, 4.69) is 9.44 Å². The molecule has 0 spiro atoms. The average Bonchev–Trinajstić information content (AvgIpc) is 1.64. The maximum Gasteiger partial charge on any atom is 0.451 e. The molecule has 63 heteroatoms. The molecule has 53 nitrogen and oxygen atoms in total. The van der Waals surface area contributed by atoms with Crippen LogP contribution in [0, 0.1) is 29.6 Å². The van der Waals surface area contributed by atoms with Crippen LogP contribution in [0.4, 0.5) is 0 Å². The number of nitrogens with two attached hydrogens (primary N) is 9. The van der Waals surface area contributed by atoms with Gasteiger partial charge in [-0.15, -0.1) is 0 Å². The Bertz CT molecular complexity index is 3930. The summed E-state index contributed by atoms with van der Waals surface area (Å²) in [6, 6.07) is 0. The highest BCUT2D eigenvalue weighted by molar-refractivity contribution is 7.87. The first-order chi connectivity index (χ1) is 57.2. The highest BCUT2D eigenvalue weighted by Gasteiger charge is 2.60. The molecule has 10 aliphatic rings. The van der Waals surface area contributed by atoms with Crippen molar-refractivity contribution < 1.29 is 169 Å². The van der Waals surface area contributed by atoms with Crippen LogP contribution < -0.4 is 61.0 Å². The van der Waals surface area contributed by atoms with Crippen LogP contribution in [0.25, 0.3) is 0 Å². The number of hydrogen-bond acceptors (Lipinski definition) is 40. The standard InChI is InChI=1S/C13H26BN3O6S.2C12H25BN4O7S.2C12H24BN3O8S/c15-13(12(18)19)10-17(9-11(13)5-4-6-14(20)21)24(22,23)16-7-2-1-3-8-16;14-11(7-24-8-11)5-16-25(22,23)17-4-9(2-1-3-13(20)21)12(15,6-17)10(18)19;14-5-11(7-24-8-11)16-25(22,23)17-4-9(2-1-3-13(20)21)12(15,6-17)10(18)19;14-11(6-23-7-11)8-24-25(21,22)16-4-9(2-1-3-13(19)20)12(15,5-16)10(17)18;14-5-11(7-23-8-11)24-25(21,22)16-4-9(2-1-3-13(19)20)12(15,6-16)10(17)18/h11,20-21H,1-10,15H2,(H,18,19);2*9,16,20-21H,1-8,14-15H2,(H,18,19);2*9,19-20H,1-8,14-15H2,(H,17,18)/t11-,13-;4*9-,12-/m00000/s1. The highest BCUT2D eigenvalue weighted by Crippen LogP contribution is 2.40. The van der Waals surface area contributed by atoms with E-state index < -0.39 is 209 Å². The zero-order chi connectivity index (χ0) is 93.5. The first kappa shape index (κ1) is 109. The molecule has 0 amide bonds. The molecule has 35 N–H and O–H groups in total. The summed E-state index contributed by atoms with van der Waals surface area (Å²) in [6.07, 6.45) is 5.84. The molecular formula is C61H124B5N17O36S5. The predicted octanol–water partition coefficient (Wildman–Crippen LogP) is -14.4. The van der Waals surface area contributed by atoms with E-state index in [1.54, 1.807) is 0 Å². The number of nitrogens with one attached hydrogen (secondary N) is 2. The van der Waals surface area contributed by atoms with Crippen molar-refractivity contribution >= 4 is 117 Å². The Balaban J connectivity index is 0.000000240. The summed E-state index contributed by atoms with van der Waals surface area (Å²) in [5, 5.41) is 136. The molecule has 0 radical (unpaired) electrons. The van der Waals surface area contributed by atoms with Gasteiger partial charge in [0, 0.05) is 128 Å². The van der Waals surface area contributed by atoms with Crippen molar-refractivity contribution in [3.63, 3.8) is 0 Å². The van der Waals surface area contributed by atoms with Crippen LogP contribution in [0.2, 0.25) is 31.6 Å². The van der Waals surface area contributed by atoms with Crippen LogP contribution in [0.1, 0.15) is 83.5 Å². The van der Waals surface area contributed by atoms with Crippen LogP contribution in [-0.2, 0) is 103 Å². The minimum absolute atomic E-state index is 0.0160. The lowest BCUT2D eigenvalue weighted by Crippen LogP contribution is -2.68. The summed E-state index contributed by atoms with van der Waals surface area (Å²) in [7, 11) is -27.5. The van der Waals surface area contributed by atoms with Crippen LogP contribution in [0.5, 0.6) is 0 Å².